The van der Waals surface area contributed by atoms with Crippen LogP contribution in [0.1, 0.15) is 23.2 Å². The maximum atomic E-state index is 12.0. The quantitative estimate of drug-likeness (QED) is 0.517. The van der Waals surface area contributed by atoms with E-state index in [1.807, 2.05) is 12.2 Å². The highest BCUT2D eigenvalue weighted by atomic mass is 16.6. The number of carbonyl (C=O) groups excluding carboxylic acids is 1. The lowest BCUT2D eigenvalue weighted by Crippen LogP contribution is -2.40. The topological polar surface area (TPSA) is 96.0 Å². The van der Waals surface area contributed by atoms with E-state index in [9.17, 15) is 14.9 Å². The van der Waals surface area contributed by atoms with Gasteiger partial charge in [0.2, 0.25) is 0 Å². The second-order valence-corrected chi connectivity index (χ2v) is 4.56. The molecule has 1 aromatic rings. The lowest BCUT2D eigenvalue weighted by atomic mass is 9.90. The summed E-state index contributed by atoms with van der Waals surface area (Å²) in [6.45, 7) is 0. The Morgan fingerprint density at radius 1 is 1.30 bits per heavy atom. The molecular formula is C14H13N3O3. The van der Waals surface area contributed by atoms with Gasteiger partial charge < -0.3 is 5.32 Å². The Balaban J connectivity index is 2.06. The number of benzene rings is 1. The van der Waals surface area contributed by atoms with Gasteiger partial charge in [-0.2, -0.15) is 5.26 Å². The molecule has 1 N–H and O–H groups in total. The fourth-order valence-electron chi connectivity index (χ4n) is 2.10. The standard InChI is InChI=1S/C14H13N3O3/c15-9-11-3-1-2-4-13(11)16-14(18)10-5-7-12(8-6-10)17(19)20/h1-2,5-8,11,13H,3-4H2,(H,16,18)/t11-,13+/m0/s1. The minimum atomic E-state index is -0.515. The average molecular weight is 271 g/mol. The normalized spacial score (nSPS) is 20.9. The molecule has 0 spiro atoms. The minimum Gasteiger partial charge on any atom is -0.348 e. The van der Waals surface area contributed by atoms with E-state index in [1.54, 1.807) is 0 Å². The molecular weight excluding hydrogens is 258 g/mol. The van der Waals surface area contributed by atoms with Crippen molar-refractivity contribution in [3.63, 3.8) is 0 Å². The molecule has 0 bridgehead atoms. The molecule has 2 atom stereocenters. The van der Waals surface area contributed by atoms with Crippen LogP contribution in [0.5, 0.6) is 0 Å². The predicted octanol–water partition coefficient (Wildman–Crippen LogP) is 2.18. The first-order chi connectivity index (χ1) is 9.61. The zero-order chi connectivity index (χ0) is 14.5. The number of carbonyl (C=O) groups is 1. The van der Waals surface area contributed by atoms with Gasteiger partial charge in [-0.15, -0.1) is 0 Å². The molecule has 0 saturated heterocycles. The molecule has 1 aliphatic carbocycles. The zero-order valence-electron chi connectivity index (χ0n) is 10.7. The number of nitro groups is 1. The maximum Gasteiger partial charge on any atom is 0.269 e. The molecule has 20 heavy (non-hydrogen) atoms. The van der Waals surface area contributed by atoms with Gasteiger partial charge in [-0.3, -0.25) is 14.9 Å². The number of nitriles is 1. The third-order valence-electron chi connectivity index (χ3n) is 3.26. The Morgan fingerprint density at radius 2 is 1.95 bits per heavy atom. The molecule has 0 fully saturated rings. The summed E-state index contributed by atoms with van der Waals surface area (Å²) in [6.07, 6.45) is 5.12. The molecule has 1 aromatic carbocycles. The van der Waals surface area contributed by atoms with Crippen molar-refractivity contribution in [2.75, 3.05) is 0 Å². The summed E-state index contributed by atoms with van der Waals surface area (Å²) in [6, 6.07) is 7.36. The summed E-state index contributed by atoms with van der Waals surface area (Å²) in [7, 11) is 0. The highest BCUT2D eigenvalue weighted by Gasteiger charge is 2.24. The summed E-state index contributed by atoms with van der Waals surface area (Å²) in [5.74, 6) is -0.553. The lowest BCUT2D eigenvalue weighted by Gasteiger charge is -2.24. The van der Waals surface area contributed by atoms with Crippen LogP contribution in [-0.4, -0.2) is 16.9 Å². The van der Waals surface area contributed by atoms with Crippen molar-refractivity contribution in [2.24, 2.45) is 5.92 Å². The van der Waals surface area contributed by atoms with E-state index >= 15 is 0 Å². The fourth-order valence-corrected chi connectivity index (χ4v) is 2.10. The van der Waals surface area contributed by atoms with Crippen LogP contribution in [0.4, 0.5) is 5.69 Å². The zero-order valence-corrected chi connectivity index (χ0v) is 10.7. The molecule has 1 amide bonds. The average Bonchev–Trinajstić information content (AvgIpc) is 2.48. The molecule has 6 heteroatoms. The van der Waals surface area contributed by atoms with Crippen molar-refractivity contribution in [2.45, 2.75) is 18.9 Å². The summed E-state index contributed by atoms with van der Waals surface area (Å²) in [4.78, 5) is 22.1. The number of hydrogen-bond acceptors (Lipinski definition) is 4. The number of nitro benzene ring substituents is 1. The molecule has 2 rings (SSSR count). The van der Waals surface area contributed by atoms with Gasteiger partial charge in [-0.05, 0) is 25.0 Å². The molecule has 0 unspecified atom stereocenters. The van der Waals surface area contributed by atoms with Crippen molar-refractivity contribution < 1.29 is 9.72 Å². The Bertz CT molecular complexity index is 587. The van der Waals surface area contributed by atoms with E-state index in [4.69, 9.17) is 5.26 Å². The smallest absolute Gasteiger partial charge is 0.269 e. The summed E-state index contributed by atoms with van der Waals surface area (Å²) in [5.41, 5.74) is 0.291. The first-order valence-corrected chi connectivity index (χ1v) is 6.21. The van der Waals surface area contributed by atoms with Gasteiger partial charge in [0.1, 0.15) is 0 Å². The third-order valence-corrected chi connectivity index (χ3v) is 3.26. The van der Waals surface area contributed by atoms with E-state index in [1.165, 1.54) is 24.3 Å². The van der Waals surface area contributed by atoms with Crippen LogP contribution in [0.3, 0.4) is 0 Å². The van der Waals surface area contributed by atoms with Gasteiger partial charge in [0.15, 0.2) is 0 Å². The van der Waals surface area contributed by atoms with Crippen LogP contribution in [-0.2, 0) is 0 Å². The first-order valence-electron chi connectivity index (χ1n) is 6.21. The Kier molecular flexibility index (Phi) is 4.11. The predicted molar refractivity (Wildman–Crippen MR) is 71.8 cm³/mol. The SMILES string of the molecule is N#C[C@@H]1CC=CC[C@H]1NC(=O)c1ccc([N+](=O)[O-])cc1. The number of nitrogens with zero attached hydrogens (tertiary/aromatic N) is 2. The Labute approximate surface area is 115 Å². The van der Waals surface area contributed by atoms with Gasteiger partial charge in [0.05, 0.1) is 16.9 Å². The number of hydrogen-bond donors (Lipinski definition) is 1. The van der Waals surface area contributed by atoms with Crippen LogP contribution in [0, 0.1) is 27.4 Å². The van der Waals surface area contributed by atoms with Crippen LogP contribution >= 0.6 is 0 Å². The van der Waals surface area contributed by atoms with Crippen molar-refractivity contribution in [1.82, 2.24) is 5.32 Å². The van der Waals surface area contributed by atoms with Crippen LogP contribution in [0.15, 0.2) is 36.4 Å². The molecule has 0 radical (unpaired) electrons. The van der Waals surface area contributed by atoms with Gasteiger partial charge in [0.25, 0.3) is 11.6 Å². The van der Waals surface area contributed by atoms with Gasteiger partial charge in [-0.1, -0.05) is 12.2 Å². The van der Waals surface area contributed by atoms with Crippen LogP contribution in [0.25, 0.3) is 0 Å². The molecule has 0 saturated carbocycles. The van der Waals surface area contributed by atoms with E-state index < -0.39 is 4.92 Å². The van der Waals surface area contributed by atoms with E-state index in [0.29, 0.717) is 18.4 Å². The van der Waals surface area contributed by atoms with Gasteiger partial charge >= 0.3 is 0 Å². The highest BCUT2D eigenvalue weighted by molar-refractivity contribution is 5.94. The first kappa shape index (κ1) is 13.7. The Hall–Kier alpha value is -2.68. The summed E-state index contributed by atoms with van der Waals surface area (Å²) in [5, 5.41) is 22.4. The van der Waals surface area contributed by atoms with Gasteiger partial charge in [-0.25, -0.2) is 0 Å². The summed E-state index contributed by atoms with van der Waals surface area (Å²) < 4.78 is 0. The highest BCUT2D eigenvalue weighted by Crippen LogP contribution is 2.19. The third kappa shape index (κ3) is 3.01. The van der Waals surface area contributed by atoms with Crippen molar-refractivity contribution in [1.29, 1.82) is 5.26 Å². The number of nitrogens with one attached hydrogen (secondary N) is 1. The van der Waals surface area contributed by atoms with Crippen molar-refractivity contribution in [3.8, 4) is 6.07 Å². The van der Waals surface area contributed by atoms with Crippen LogP contribution in [0.2, 0.25) is 0 Å². The van der Waals surface area contributed by atoms with E-state index in [0.717, 1.165) is 0 Å². The molecule has 0 aromatic heterocycles. The number of rotatable bonds is 3. The number of allylic oxidation sites excluding steroid dienone is 1. The van der Waals surface area contributed by atoms with E-state index in [-0.39, 0.29) is 23.6 Å². The van der Waals surface area contributed by atoms with Crippen molar-refractivity contribution >= 4 is 11.6 Å². The van der Waals surface area contributed by atoms with Crippen LogP contribution < -0.4 is 5.32 Å². The second kappa shape index (κ2) is 5.97. The molecule has 6 nitrogen and oxygen atoms in total. The molecule has 1 aliphatic rings. The molecule has 0 heterocycles. The Morgan fingerprint density at radius 3 is 2.55 bits per heavy atom. The van der Waals surface area contributed by atoms with E-state index in [2.05, 4.69) is 11.4 Å². The van der Waals surface area contributed by atoms with Crippen molar-refractivity contribution in [3.05, 3.63) is 52.1 Å². The fraction of sp³-hybridized carbons (Fsp3) is 0.286. The number of amides is 1. The minimum absolute atomic E-state index is 0.0583. The van der Waals surface area contributed by atoms with Gasteiger partial charge in [0, 0.05) is 23.7 Å². The summed E-state index contributed by atoms with van der Waals surface area (Å²) >= 11 is 0. The second-order valence-electron chi connectivity index (χ2n) is 4.56. The molecule has 102 valence electrons. The number of non-ortho nitro benzene ring substituents is 1. The lowest BCUT2D eigenvalue weighted by molar-refractivity contribution is -0.384. The maximum absolute atomic E-state index is 12.0. The largest absolute Gasteiger partial charge is 0.348 e. The molecule has 0 aliphatic heterocycles. The monoisotopic (exact) mass is 271 g/mol.